The Morgan fingerprint density at radius 2 is 0.932 bits per heavy atom. The van der Waals surface area contributed by atoms with E-state index in [1.807, 2.05) is 0 Å². The highest BCUT2D eigenvalue weighted by atomic mass is 32.2. The molecule has 3 fully saturated rings. The number of benzene rings is 1. The van der Waals surface area contributed by atoms with Crippen molar-refractivity contribution in [3.63, 3.8) is 0 Å². The van der Waals surface area contributed by atoms with Gasteiger partial charge in [0, 0.05) is 0 Å². The Labute approximate surface area is 251 Å². The van der Waals surface area contributed by atoms with E-state index in [2.05, 4.69) is 0 Å². The molecule has 1 aromatic carbocycles. The van der Waals surface area contributed by atoms with Crippen molar-refractivity contribution in [1.82, 2.24) is 4.72 Å². The minimum atomic E-state index is -7.29. The summed E-state index contributed by atoms with van der Waals surface area (Å²) in [5, 5.41) is -6.71. The average molecular weight is 686 g/mol. The SMILES string of the molecule is O=S(=O)(NC(F)(F)C(F)(F)C(F)(F)S(=O)(=O)c1c(C2CCCCC2)cc(C2CCCCC2)cc1C1CCCCC1)C(F)(F)F. The number of halogens is 9. The average Bonchev–Trinajstić information content (AvgIpc) is 2.96. The maximum atomic E-state index is 15.6. The van der Waals surface area contributed by atoms with E-state index in [9.17, 15) is 38.8 Å². The predicted octanol–water partition coefficient (Wildman–Crippen LogP) is 8.86. The number of sulfone groups is 1. The van der Waals surface area contributed by atoms with Gasteiger partial charge >= 0.3 is 32.8 Å². The molecule has 0 saturated heterocycles. The minimum Gasteiger partial charge on any atom is -0.217 e. The highest BCUT2D eigenvalue weighted by Crippen LogP contribution is 2.54. The second-order valence-electron chi connectivity index (χ2n) is 12.3. The first-order valence-electron chi connectivity index (χ1n) is 14.9. The number of hydrogen-bond donors (Lipinski definition) is 1. The minimum absolute atomic E-state index is 0.0479. The van der Waals surface area contributed by atoms with Gasteiger partial charge in [-0.1, -0.05) is 69.9 Å². The largest absolute Gasteiger partial charge is 0.511 e. The number of alkyl halides is 9. The molecule has 0 aliphatic heterocycles. The summed E-state index contributed by atoms with van der Waals surface area (Å²) in [6, 6.07) is -4.00. The molecule has 3 aliphatic carbocycles. The Kier molecular flexibility index (Phi) is 10.1. The van der Waals surface area contributed by atoms with Crippen LogP contribution in [-0.4, -0.2) is 39.6 Å². The standard InChI is InChI=1S/C28H36F9NO4S2/c29-25(30,26(31,32)38-44(41,42)28(35,36)37)27(33,34)43(39,40)24-22(19-12-6-2-7-13-19)16-21(18-10-4-1-5-11-18)17-23(24)20-14-8-3-9-15-20/h16-20,38H,1-15H2. The molecule has 0 unspecified atom stereocenters. The van der Waals surface area contributed by atoms with Gasteiger partial charge in [-0.15, -0.1) is 4.72 Å². The van der Waals surface area contributed by atoms with E-state index in [4.69, 9.17) is 0 Å². The smallest absolute Gasteiger partial charge is 0.217 e. The van der Waals surface area contributed by atoms with Gasteiger partial charge in [0.25, 0.3) is 9.84 Å². The molecule has 16 heteroatoms. The summed E-state index contributed by atoms with van der Waals surface area (Å²) in [5.41, 5.74) is -6.23. The Morgan fingerprint density at radius 3 is 1.30 bits per heavy atom. The van der Waals surface area contributed by atoms with Crippen molar-refractivity contribution in [3.8, 4) is 0 Å². The van der Waals surface area contributed by atoms with Crippen LogP contribution in [0.1, 0.15) is 131 Å². The summed E-state index contributed by atoms with van der Waals surface area (Å²) >= 11 is 0. The van der Waals surface area contributed by atoms with Gasteiger partial charge in [-0.2, -0.15) is 39.5 Å². The normalized spacial score (nSPS) is 21.5. The maximum absolute atomic E-state index is 15.6. The van der Waals surface area contributed by atoms with Gasteiger partial charge in [0.2, 0.25) is 0 Å². The molecule has 252 valence electrons. The summed E-state index contributed by atoms with van der Waals surface area (Å²) in [4.78, 5) is -1.19. The molecule has 0 radical (unpaired) electrons. The van der Waals surface area contributed by atoms with Crippen LogP contribution in [-0.2, 0) is 19.9 Å². The van der Waals surface area contributed by atoms with Crippen LogP contribution in [0, 0.1) is 0 Å². The van der Waals surface area contributed by atoms with E-state index in [1.165, 1.54) is 12.1 Å². The lowest BCUT2D eigenvalue weighted by atomic mass is 9.76. The van der Waals surface area contributed by atoms with Crippen molar-refractivity contribution in [1.29, 1.82) is 0 Å². The summed E-state index contributed by atoms with van der Waals surface area (Å²) in [7, 11) is -14.0. The first kappa shape index (κ1) is 35.3. The molecule has 0 aromatic heterocycles. The zero-order valence-corrected chi connectivity index (χ0v) is 25.5. The van der Waals surface area contributed by atoms with Gasteiger partial charge in [-0.05, 0) is 73.0 Å². The first-order chi connectivity index (χ1) is 20.2. The van der Waals surface area contributed by atoms with Crippen molar-refractivity contribution in [2.75, 3.05) is 0 Å². The molecule has 4 rings (SSSR count). The van der Waals surface area contributed by atoms with Crippen molar-refractivity contribution >= 4 is 19.9 Å². The summed E-state index contributed by atoms with van der Waals surface area (Å²) < 4.78 is 178. The molecule has 1 aromatic rings. The molecule has 5 nitrogen and oxygen atoms in total. The molecule has 0 spiro atoms. The molecule has 0 bridgehead atoms. The maximum Gasteiger partial charge on any atom is 0.511 e. The van der Waals surface area contributed by atoms with Crippen LogP contribution in [0.15, 0.2) is 17.0 Å². The van der Waals surface area contributed by atoms with Gasteiger partial charge in [-0.3, -0.25) is 0 Å². The molecule has 1 N–H and O–H groups in total. The lowest BCUT2D eigenvalue weighted by molar-refractivity contribution is -0.284. The van der Waals surface area contributed by atoms with E-state index < -0.39 is 64.0 Å². The van der Waals surface area contributed by atoms with Crippen molar-refractivity contribution in [2.45, 2.75) is 142 Å². The monoisotopic (exact) mass is 685 g/mol. The zero-order valence-electron chi connectivity index (χ0n) is 23.8. The molecular formula is C28H36F9NO4S2. The van der Waals surface area contributed by atoms with Gasteiger partial charge in [0.1, 0.15) is 0 Å². The second kappa shape index (κ2) is 12.6. The third-order valence-electron chi connectivity index (χ3n) is 9.27. The highest BCUT2D eigenvalue weighted by molar-refractivity contribution is 7.92. The zero-order chi connectivity index (χ0) is 32.8. The Hall–Kier alpha value is -1.55. The van der Waals surface area contributed by atoms with Gasteiger partial charge in [0.05, 0.1) is 4.90 Å². The van der Waals surface area contributed by atoms with E-state index >= 15 is 17.6 Å². The molecule has 0 heterocycles. The Morgan fingerprint density at radius 1 is 0.568 bits per heavy atom. The van der Waals surface area contributed by atoms with Crippen LogP contribution in [0.25, 0.3) is 0 Å². The predicted molar refractivity (Wildman–Crippen MR) is 144 cm³/mol. The molecule has 0 atom stereocenters. The van der Waals surface area contributed by atoms with Crippen LogP contribution in [0.5, 0.6) is 0 Å². The molecule has 3 aliphatic rings. The molecule has 44 heavy (non-hydrogen) atoms. The fourth-order valence-electron chi connectivity index (χ4n) is 6.88. The van der Waals surface area contributed by atoms with Crippen LogP contribution in [0.2, 0.25) is 0 Å². The van der Waals surface area contributed by atoms with E-state index in [1.54, 1.807) is 0 Å². The van der Waals surface area contributed by atoms with Crippen molar-refractivity contribution in [3.05, 3.63) is 28.8 Å². The van der Waals surface area contributed by atoms with Crippen molar-refractivity contribution in [2.24, 2.45) is 0 Å². The first-order valence-corrected chi connectivity index (χ1v) is 17.9. The van der Waals surface area contributed by atoms with E-state index in [0.29, 0.717) is 56.9 Å². The third kappa shape index (κ3) is 6.50. The fraction of sp³-hybridized carbons (Fsp3) is 0.786. The molecule has 3 saturated carbocycles. The van der Waals surface area contributed by atoms with Crippen molar-refractivity contribution < 1.29 is 56.3 Å². The third-order valence-corrected chi connectivity index (χ3v) is 12.3. The summed E-state index contributed by atoms with van der Waals surface area (Å²) in [5.74, 6) is -8.48. The molecular weight excluding hydrogens is 649 g/mol. The fourth-order valence-corrected chi connectivity index (χ4v) is 9.26. The Balaban J connectivity index is 1.94. The highest BCUT2D eigenvalue weighted by Gasteiger charge is 2.79. The lowest BCUT2D eigenvalue weighted by Gasteiger charge is -2.36. The van der Waals surface area contributed by atoms with Crippen LogP contribution >= 0.6 is 0 Å². The van der Waals surface area contributed by atoms with Crippen LogP contribution in [0.4, 0.5) is 39.5 Å². The van der Waals surface area contributed by atoms with E-state index in [-0.39, 0.29) is 17.0 Å². The second-order valence-corrected chi connectivity index (χ2v) is 15.9. The van der Waals surface area contributed by atoms with Crippen LogP contribution < -0.4 is 4.72 Å². The van der Waals surface area contributed by atoms with Crippen LogP contribution in [0.3, 0.4) is 0 Å². The summed E-state index contributed by atoms with van der Waals surface area (Å²) in [6.45, 7) is 0. The van der Waals surface area contributed by atoms with Gasteiger partial charge < -0.3 is 0 Å². The van der Waals surface area contributed by atoms with Gasteiger partial charge in [0.15, 0.2) is 0 Å². The number of nitrogens with one attached hydrogen (secondary N) is 1. The number of sulfonamides is 1. The summed E-state index contributed by atoms with van der Waals surface area (Å²) in [6.07, 6.45) is 9.39. The molecule has 0 amide bonds. The Bertz CT molecular complexity index is 1360. The number of hydrogen-bond acceptors (Lipinski definition) is 4. The quantitative estimate of drug-likeness (QED) is 0.208. The number of rotatable bonds is 9. The topological polar surface area (TPSA) is 80.3 Å². The lowest BCUT2D eigenvalue weighted by Crippen LogP contribution is -2.65. The van der Waals surface area contributed by atoms with Gasteiger partial charge in [-0.25, -0.2) is 16.8 Å². The van der Waals surface area contributed by atoms with E-state index in [0.717, 1.165) is 44.9 Å².